The minimum absolute atomic E-state index is 0.0717. The van der Waals surface area contributed by atoms with Crippen LogP contribution in [-0.2, 0) is 11.3 Å². The van der Waals surface area contributed by atoms with E-state index in [2.05, 4.69) is 20.5 Å². The second kappa shape index (κ2) is 5.38. The summed E-state index contributed by atoms with van der Waals surface area (Å²) in [5.74, 6) is 0.0717. The lowest BCUT2D eigenvalue weighted by molar-refractivity contribution is -0.126. The lowest BCUT2D eigenvalue weighted by Gasteiger charge is -2.34. The van der Waals surface area contributed by atoms with Gasteiger partial charge in [0.2, 0.25) is 5.91 Å². The summed E-state index contributed by atoms with van der Waals surface area (Å²) in [4.78, 5) is 18.1. The molecule has 1 aromatic heterocycles. The first-order chi connectivity index (χ1) is 7.81. The standard InChI is InChI=1S/C10H16N4OS/c1-11-10(15)9-4-12-2-3-14(9)5-8-6-16-7-13-8/h6-7,9,12H,2-5H2,1H3,(H,11,15). The van der Waals surface area contributed by atoms with Gasteiger partial charge in [-0.3, -0.25) is 9.69 Å². The molecule has 1 aliphatic heterocycles. The molecule has 2 rings (SSSR count). The summed E-state index contributed by atoms with van der Waals surface area (Å²) in [5.41, 5.74) is 2.87. The molecule has 5 nitrogen and oxygen atoms in total. The van der Waals surface area contributed by atoms with Crippen molar-refractivity contribution in [2.24, 2.45) is 0 Å². The predicted octanol–water partition coefficient (Wildman–Crippen LogP) is -0.337. The molecule has 1 aromatic rings. The Morgan fingerprint density at radius 1 is 1.81 bits per heavy atom. The zero-order valence-electron chi connectivity index (χ0n) is 9.27. The molecule has 1 unspecified atom stereocenters. The van der Waals surface area contributed by atoms with E-state index in [1.165, 1.54) is 0 Å². The van der Waals surface area contributed by atoms with E-state index in [1.807, 2.05) is 10.9 Å². The van der Waals surface area contributed by atoms with Crippen LogP contribution in [0.2, 0.25) is 0 Å². The summed E-state index contributed by atoms with van der Waals surface area (Å²) in [6.07, 6.45) is 0. The van der Waals surface area contributed by atoms with E-state index in [0.29, 0.717) is 6.54 Å². The van der Waals surface area contributed by atoms with Crippen molar-refractivity contribution in [3.05, 3.63) is 16.6 Å². The lowest BCUT2D eigenvalue weighted by atomic mass is 10.1. The van der Waals surface area contributed by atoms with E-state index in [1.54, 1.807) is 18.4 Å². The molecule has 1 fully saturated rings. The maximum Gasteiger partial charge on any atom is 0.238 e. The zero-order valence-corrected chi connectivity index (χ0v) is 10.1. The van der Waals surface area contributed by atoms with Crippen molar-refractivity contribution < 1.29 is 4.79 Å². The maximum atomic E-state index is 11.7. The van der Waals surface area contributed by atoms with Crippen molar-refractivity contribution in [2.45, 2.75) is 12.6 Å². The first kappa shape index (κ1) is 11.5. The Hall–Kier alpha value is -0.980. The molecular formula is C10H16N4OS. The van der Waals surface area contributed by atoms with Crippen LogP contribution in [0.5, 0.6) is 0 Å². The summed E-state index contributed by atoms with van der Waals surface area (Å²) in [7, 11) is 1.68. The largest absolute Gasteiger partial charge is 0.358 e. The highest BCUT2D eigenvalue weighted by molar-refractivity contribution is 7.07. The van der Waals surface area contributed by atoms with Crippen LogP contribution in [-0.4, -0.2) is 48.5 Å². The highest BCUT2D eigenvalue weighted by atomic mass is 32.1. The van der Waals surface area contributed by atoms with Gasteiger partial charge in [-0.2, -0.15) is 0 Å². The third kappa shape index (κ3) is 2.58. The molecule has 1 atom stereocenters. The Morgan fingerprint density at radius 3 is 3.38 bits per heavy atom. The van der Waals surface area contributed by atoms with Crippen LogP contribution >= 0.6 is 11.3 Å². The van der Waals surface area contributed by atoms with Crippen molar-refractivity contribution in [1.82, 2.24) is 20.5 Å². The lowest BCUT2D eigenvalue weighted by Crippen LogP contribution is -2.56. The van der Waals surface area contributed by atoms with Crippen LogP contribution in [0.25, 0.3) is 0 Å². The maximum absolute atomic E-state index is 11.7. The molecule has 6 heteroatoms. The van der Waals surface area contributed by atoms with E-state index in [-0.39, 0.29) is 11.9 Å². The summed E-state index contributed by atoms with van der Waals surface area (Å²) in [6.45, 7) is 3.28. The van der Waals surface area contributed by atoms with Gasteiger partial charge in [-0.05, 0) is 0 Å². The first-order valence-corrected chi connectivity index (χ1v) is 6.29. The zero-order chi connectivity index (χ0) is 11.4. The van der Waals surface area contributed by atoms with Gasteiger partial charge in [0.05, 0.1) is 11.2 Å². The van der Waals surface area contributed by atoms with Gasteiger partial charge >= 0.3 is 0 Å². The second-order valence-corrected chi connectivity index (χ2v) is 4.50. The molecule has 0 spiro atoms. The van der Waals surface area contributed by atoms with Gasteiger partial charge in [-0.15, -0.1) is 11.3 Å². The normalized spacial score (nSPS) is 21.9. The summed E-state index contributed by atoms with van der Waals surface area (Å²) in [5, 5.41) is 7.98. The Balaban J connectivity index is 2.02. The molecule has 2 N–H and O–H groups in total. The highest BCUT2D eigenvalue weighted by Gasteiger charge is 2.27. The van der Waals surface area contributed by atoms with E-state index in [9.17, 15) is 4.79 Å². The Labute approximate surface area is 98.9 Å². The minimum atomic E-state index is -0.0829. The fourth-order valence-electron chi connectivity index (χ4n) is 1.88. The Bertz CT molecular complexity index is 341. The van der Waals surface area contributed by atoms with Crippen molar-refractivity contribution in [3.63, 3.8) is 0 Å². The number of nitrogens with zero attached hydrogens (tertiary/aromatic N) is 2. The van der Waals surface area contributed by atoms with Gasteiger partial charge in [-0.25, -0.2) is 4.98 Å². The van der Waals surface area contributed by atoms with E-state index in [0.717, 1.165) is 25.3 Å². The van der Waals surface area contributed by atoms with Crippen LogP contribution in [0.15, 0.2) is 10.9 Å². The molecule has 0 aliphatic carbocycles. The summed E-state index contributed by atoms with van der Waals surface area (Å²) < 4.78 is 0. The number of piperazine rings is 1. The van der Waals surface area contributed by atoms with Gasteiger partial charge in [0.15, 0.2) is 0 Å². The van der Waals surface area contributed by atoms with Gasteiger partial charge in [0, 0.05) is 38.6 Å². The molecule has 88 valence electrons. The SMILES string of the molecule is CNC(=O)C1CNCCN1Cc1cscn1. The van der Waals surface area contributed by atoms with Crippen LogP contribution in [0.1, 0.15) is 5.69 Å². The average Bonchev–Trinajstić information content (AvgIpc) is 2.82. The molecular weight excluding hydrogens is 224 g/mol. The number of amides is 1. The Kier molecular flexibility index (Phi) is 3.87. The third-order valence-corrected chi connectivity index (χ3v) is 3.39. The van der Waals surface area contributed by atoms with Crippen LogP contribution in [0.3, 0.4) is 0 Å². The quantitative estimate of drug-likeness (QED) is 0.759. The van der Waals surface area contributed by atoms with Gasteiger partial charge in [0.25, 0.3) is 0 Å². The smallest absolute Gasteiger partial charge is 0.238 e. The number of rotatable bonds is 3. The van der Waals surface area contributed by atoms with Crippen molar-refractivity contribution >= 4 is 17.2 Å². The van der Waals surface area contributed by atoms with Crippen molar-refractivity contribution in [3.8, 4) is 0 Å². The topological polar surface area (TPSA) is 57.3 Å². The minimum Gasteiger partial charge on any atom is -0.358 e. The molecule has 1 aliphatic rings. The molecule has 16 heavy (non-hydrogen) atoms. The number of carbonyl (C=O) groups excluding carboxylic acids is 1. The molecule has 0 radical (unpaired) electrons. The summed E-state index contributed by atoms with van der Waals surface area (Å²) >= 11 is 1.59. The number of hydrogen-bond acceptors (Lipinski definition) is 5. The molecule has 0 saturated carbocycles. The number of likely N-dealkylation sites (N-methyl/N-ethyl adjacent to an activating group) is 1. The average molecular weight is 240 g/mol. The monoisotopic (exact) mass is 240 g/mol. The van der Waals surface area contributed by atoms with E-state index in [4.69, 9.17) is 0 Å². The van der Waals surface area contributed by atoms with Gasteiger partial charge in [-0.1, -0.05) is 0 Å². The molecule has 1 amide bonds. The van der Waals surface area contributed by atoms with Crippen LogP contribution < -0.4 is 10.6 Å². The van der Waals surface area contributed by atoms with Gasteiger partial charge < -0.3 is 10.6 Å². The molecule has 1 saturated heterocycles. The second-order valence-electron chi connectivity index (χ2n) is 3.78. The van der Waals surface area contributed by atoms with Crippen LogP contribution in [0.4, 0.5) is 0 Å². The molecule has 0 aromatic carbocycles. The fraction of sp³-hybridized carbons (Fsp3) is 0.600. The van der Waals surface area contributed by atoms with Crippen molar-refractivity contribution in [2.75, 3.05) is 26.7 Å². The Morgan fingerprint density at radius 2 is 2.69 bits per heavy atom. The number of nitrogens with one attached hydrogen (secondary N) is 2. The summed E-state index contributed by atoms with van der Waals surface area (Å²) in [6, 6.07) is -0.0829. The number of thiazole rings is 1. The third-order valence-electron chi connectivity index (χ3n) is 2.75. The predicted molar refractivity (Wildman–Crippen MR) is 63.2 cm³/mol. The van der Waals surface area contributed by atoms with Crippen LogP contribution in [0, 0.1) is 0 Å². The molecule has 0 bridgehead atoms. The number of carbonyl (C=O) groups is 1. The van der Waals surface area contributed by atoms with E-state index >= 15 is 0 Å². The number of hydrogen-bond donors (Lipinski definition) is 2. The molecule has 2 heterocycles. The first-order valence-electron chi connectivity index (χ1n) is 5.34. The highest BCUT2D eigenvalue weighted by Crippen LogP contribution is 2.10. The van der Waals surface area contributed by atoms with Crippen molar-refractivity contribution in [1.29, 1.82) is 0 Å². The number of aromatic nitrogens is 1. The fourth-order valence-corrected chi connectivity index (χ4v) is 2.43. The van der Waals surface area contributed by atoms with Gasteiger partial charge in [0.1, 0.15) is 6.04 Å². The van der Waals surface area contributed by atoms with E-state index < -0.39 is 0 Å².